The predicted octanol–water partition coefficient (Wildman–Crippen LogP) is 3.62. The van der Waals surface area contributed by atoms with Gasteiger partial charge in [0.1, 0.15) is 5.69 Å². The van der Waals surface area contributed by atoms with Crippen molar-refractivity contribution >= 4 is 34.0 Å². The number of benzene rings is 1. The van der Waals surface area contributed by atoms with Gasteiger partial charge in [-0.05, 0) is 43.4 Å². The summed E-state index contributed by atoms with van der Waals surface area (Å²) in [7, 11) is 0. The van der Waals surface area contributed by atoms with Crippen LogP contribution in [0, 0.1) is 5.92 Å². The van der Waals surface area contributed by atoms with E-state index in [1.807, 2.05) is 6.92 Å². The van der Waals surface area contributed by atoms with Gasteiger partial charge in [0.25, 0.3) is 11.8 Å². The van der Waals surface area contributed by atoms with Crippen LogP contribution in [0.15, 0.2) is 48.1 Å². The number of nitrogens with zero attached hydrogens (tertiary/aromatic N) is 4. The lowest BCUT2D eigenvalue weighted by Crippen LogP contribution is -2.35. The normalized spacial score (nSPS) is 14.0. The Labute approximate surface area is 202 Å². The molecule has 3 aromatic rings. The lowest BCUT2D eigenvalue weighted by atomic mass is 9.98. The van der Waals surface area contributed by atoms with E-state index in [0.29, 0.717) is 42.0 Å². The summed E-state index contributed by atoms with van der Waals surface area (Å²) in [6, 6.07) is 9.15. The smallest absolute Gasteiger partial charge is 0.316 e. The number of thiazole rings is 1. The minimum Gasteiger partial charge on any atom is -0.463 e. The highest BCUT2D eigenvalue weighted by Crippen LogP contribution is 2.27. The Morgan fingerprint density at radius 2 is 1.88 bits per heavy atom. The molecule has 0 aliphatic carbocycles. The van der Waals surface area contributed by atoms with Crippen LogP contribution in [-0.4, -0.2) is 53.0 Å². The molecule has 0 bridgehead atoms. The number of carbonyl (C=O) groups excluding carboxylic acids is 2. The van der Waals surface area contributed by atoms with Crippen molar-refractivity contribution in [3.05, 3.63) is 59.4 Å². The van der Waals surface area contributed by atoms with Gasteiger partial charge in [-0.25, -0.2) is 15.0 Å². The molecule has 0 atom stereocenters. The Kier molecular flexibility index (Phi) is 8.03. The van der Waals surface area contributed by atoms with E-state index in [0.717, 1.165) is 37.5 Å². The van der Waals surface area contributed by atoms with Gasteiger partial charge < -0.3 is 20.3 Å². The molecule has 0 unspecified atom stereocenters. The summed E-state index contributed by atoms with van der Waals surface area (Å²) in [5.74, 6) is -0.107. The topological polar surface area (TPSA) is 109 Å². The number of rotatable bonds is 9. The first-order chi connectivity index (χ1) is 16.6. The van der Waals surface area contributed by atoms with Crippen molar-refractivity contribution < 1.29 is 14.3 Å². The van der Waals surface area contributed by atoms with Crippen LogP contribution in [-0.2, 0) is 0 Å². The molecule has 0 radical (unpaired) electrons. The van der Waals surface area contributed by atoms with Crippen LogP contribution in [0.2, 0.25) is 0 Å². The SMILES string of the molecule is CCCNC(=O)c1ccccc1NC(=O)c1csc(N2CCC(COc3ncccn3)CC2)n1. The Morgan fingerprint density at radius 3 is 2.65 bits per heavy atom. The largest absolute Gasteiger partial charge is 0.463 e. The number of piperidine rings is 1. The van der Waals surface area contributed by atoms with Gasteiger partial charge in [0.05, 0.1) is 17.9 Å². The highest BCUT2D eigenvalue weighted by Gasteiger charge is 2.23. The molecule has 4 rings (SSSR count). The summed E-state index contributed by atoms with van der Waals surface area (Å²) < 4.78 is 5.69. The maximum absolute atomic E-state index is 12.8. The van der Waals surface area contributed by atoms with E-state index in [1.54, 1.807) is 48.1 Å². The Morgan fingerprint density at radius 1 is 1.12 bits per heavy atom. The van der Waals surface area contributed by atoms with Gasteiger partial charge in [0, 0.05) is 37.4 Å². The van der Waals surface area contributed by atoms with E-state index in [9.17, 15) is 9.59 Å². The standard InChI is InChI=1S/C24H28N6O3S/c1-2-10-25-21(31)18-6-3-4-7-19(18)28-22(32)20-16-34-24(29-20)30-13-8-17(9-14-30)15-33-23-26-11-5-12-27-23/h3-7,11-12,16-17H,2,8-10,13-15H2,1H3,(H,25,31)(H,28,32). The lowest BCUT2D eigenvalue weighted by Gasteiger charge is -2.31. The molecule has 9 nitrogen and oxygen atoms in total. The molecule has 10 heteroatoms. The van der Waals surface area contributed by atoms with Crippen LogP contribution in [0.3, 0.4) is 0 Å². The molecule has 1 aliphatic rings. The molecule has 3 heterocycles. The first-order valence-electron chi connectivity index (χ1n) is 11.4. The van der Waals surface area contributed by atoms with E-state index < -0.39 is 0 Å². The number of carbonyl (C=O) groups is 2. The maximum Gasteiger partial charge on any atom is 0.316 e. The van der Waals surface area contributed by atoms with Crippen molar-refractivity contribution in [3.8, 4) is 6.01 Å². The molecule has 1 fully saturated rings. The maximum atomic E-state index is 12.8. The second-order valence-electron chi connectivity index (χ2n) is 8.04. The van der Waals surface area contributed by atoms with Crippen molar-refractivity contribution in [1.29, 1.82) is 0 Å². The number of aromatic nitrogens is 3. The number of para-hydroxylation sites is 1. The third kappa shape index (κ3) is 6.07. The first-order valence-corrected chi connectivity index (χ1v) is 12.3. The number of hydrogen-bond acceptors (Lipinski definition) is 8. The third-order valence-corrected chi connectivity index (χ3v) is 6.46. The van der Waals surface area contributed by atoms with Gasteiger partial charge in [0.15, 0.2) is 5.13 Å². The van der Waals surface area contributed by atoms with E-state index in [1.165, 1.54) is 11.3 Å². The van der Waals surface area contributed by atoms with Gasteiger partial charge in [-0.2, -0.15) is 0 Å². The molecule has 2 amide bonds. The van der Waals surface area contributed by atoms with E-state index in [4.69, 9.17) is 4.74 Å². The summed E-state index contributed by atoms with van der Waals surface area (Å²) in [4.78, 5) is 40.2. The van der Waals surface area contributed by atoms with Crippen molar-refractivity contribution in [2.45, 2.75) is 26.2 Å². The van der Waals surface area contributed by atoms with Crippen LogP contribution in [0.5, 0.6) is 6.01 Å². The van der Waals surface area contributed by atoms with Crippen LogP contribution in [0.25, 0.3) is 0 Å². The third-order valence-electron chi connectivity index (χ3n) is 5.56. The average Bonchev–Trinajstić information content (AvgIpc) is 3.38. The monoisotopic (exact) mass is 480 g/mol. The molecule has 1 aromatic carbocycles. The lowest BCUT2D eigenvalue weighted by molar-refractivity contribution is 0.0954. The minimum atomic E-state index is -0.329. The number of amides is 2. The minimum absolute atomic E-state index is 0.206. The second kappa shape index (κ2) is 11.6. The number of hydrogen-bond donors (Lipinski definition) is 2. The number of ether oxygens (including phenoxy) is 1. The van der Waals surface area contributed by atoms with E-state index in [2.05, 4.69) is 30.5 Å². The van der Waals surface area contributed by atoms with Crippen LogP contribution < -0.4 is 20.3 Å². The quantitative estimate of drug-likeness (QED) is 0.481. The molecule has 2 aromatic heterocycles. The van der Waals surface area contributed by atoms with E-state index >= 15 is 0 Å². The predicted molar refractivity (Wildman–Crippen MR) is 132 cm³/mol. The van der Waals surface area contributed by atoms with Crippen molar-refractivity contribution in [2.24, 2.45) is 5.92 Å². The van der Waals surface area contributed by atoms with Crippen molar-refractivity contribution in [1.82, 2.24) is 20.3 Å². The summed E-state index contributed by atoms with van der Waals surface area (Å²) in [6.07, 6.45) is 6.11. The molecule has 0 spiro atoms. The fraction of sp³-hybridized carbons (Fsp3) is 0.375. The van der Waals surface area contributed by atoms with Crippen molar-refractivity contribution in [2.75, 3.05) is 36.5 Å². The molecule has 1 aliphatic heterocycles. The summed E-state index contributed by atoms with van der Waals surface area (Å²) >= 11 is 1.45. The highest BCUT2D eigenvalue weighted by atomic mass is 32.1. The Balaban J connectivity index is 1.31. The highest BCUT2D eigenvalue weighted by molar-refractivity contribution is 7.14. The molecule has 178 valence electrons. The van der Waals surface area contributed by atoms with Crippen molar-refractivity contribution in [3.63, 3.8) is 0 Å². The van der Waals surface area contributed by atoms with Gasteiger partial charge in [-0.1, -0.05) is 19.1 Å². The molecular formula is C24H28N6O3S. The average molecular weight is 481 g/mol. The Hall–Kier alpha value is -3.53. The van der Waals surface area contributed by atoms with Gasteiger partial charge in [0.2, 0.25) is 0 Å². The fourth-order valence-corrected chi connectivity index (χ4v) is 4.53. The van der Waals surface area contributed by atoms with E-state index in [-0.39, 0.29) is 11.8 Å². The van der Waals surface area contributed by atoms with Gasteiger partial charge in [-0.15, -0.1) is 11.3 Å². The molecule has 0 saturated carbocycles. The molecular weight excluding hydrogens is 452 g/mol. The summed E-state index contributed by atoms with van der Waals surface area (Å²) in [5, 5.41) is 8.26. The molecule has 1 saturated heterocycles. The zero-order chi connectivity index (χ0) is 23.8. The second-order valence-corrected chi connectivity index (χ2v) is 8.88. The zero-order valence-electron chi connectivity index (χ0n) is 19.1. The number of nitrogens with one attached hydrogen (secondary N) is 2. The van der Waals surface area contributed by atoms with Crippen LogP contribution in [0.4, 0.5) is 10.8 Å². The van der Waals surface area contributed by atoms with Crippen LogP contribution >= 0.6 is 11.3 Å². The fourth-order valence-electron chi connectivity index (χ4n) is 3.67. The number of anilines is 2. The molecule has 2 N–H and O–H groups in total. The summed E-state index contributed by atoms with van der Waals surface area (Å²) in [5.41, 5.74) is 1.25. The first kappa shape index (κ1) is 23.6. The summed E-state index contributed by atoms with van der Waals surface area (Å²) in [6.45, 7) is 4.86. The van der Waals surface area contributed by atoms with Gasteiger partial charge >= 0.3 is 6.01 Å². The molecule has 34 heavy (non-hydrogen) atoms. The zero-order valence-corrected chi connectivity index (χ0v) is 19.9. The Bertz CT molecular complexity index is 1100. The van der Waals surface area contributed by atoms with Gasteiger partial charge in [-0.3, -0.25) is 9.59 Å². The van der Waals surface area contributed by atoms with Crippen LogP contribution in [0.1, 0.15) is 47.0 Å².